The zero-order chi connectivity index (χ0) is 13.5. The van der Waals surface area contributed by atoms with E-state index in [9.17, 15) is 5.11 Å². The molecular weight excluding hydrogens is 238 g/mol. The monoisotopic (exact) mass is 261 g/mol. The summed E-state index contributed by atoms with van der Waals surface area (Å²) < 4.78 is 5.46. The lowest BCUT2D eigenvalue weighted by Crippen LogP contribution is -2.41. The molecule has 3 heteroatoms. The van der Waals surface area contributed by atoms with Crippen LogP contribution < -0.4 is 10.1 Å². The van der Waals surface area contributed by atoms with E-state index in [1.54, 1.807) is 7.11 Å². The largest absolute Gasteiger partial charge is 0.496 e. The van der Waals surface area contributed by atoms with Crippen LogP contribution >= 0.6 is 0 Å². The molecule has 19 heavy (non-hydrogen) atoms. The molecule has 1 aromatic carbocycles. The lowest BCUT2D eigenvalue weighted by Gasteiger charge is -2.31. The van der Waals surface area contributed by atoms with Crippen molar-refractivity contribution in [2.24, 2.45) is 5.92 Å². The molecule has 1 atom stereocenters. The Morgan fingerprint density at radius 2 is 2.05 bits per heavy atom. The Balaban J connectivity index is 1.91. The lowest BCUT2D eigenvalue weighted by molar-refractivity contribution is 0.0109. The fourth-order valence-corrected chi connectivity index (χ4v) is 2.77. The highest BCUT2D eigenvalue weighted by atomic mass is 16.5. The second kappa shape index (κ2) is 4.80. The molecule has 3 nitrogen and oxygen atoms in total. The van der Waals surface area contributed by atoms with Gasteiger partial charge in [-0.15, -0.1) is 0 Å². The summed E-state index contributed by atoms with van der Waals surface area (Å²) in [5, 5.41) is 14.7. The van der Waals surface area contributed by atoms with Crippen LogP contribution in [0.3, 0.4) is 0 Å². The van der Waals surface area contributed by atoms with Gasteiger partial charge >= 0.3 is 0 Å². The predicted octanol–water partition coefficient (Wildman–Crippen LogP) is 2.35. The number of rotatable bonds is 6. The van der Waals surface area contributed by atoms with E-state index < -0.39 is 5.60 Å². The topological polar surface area (TPSA) is 41.5 Å². The molecule has 2 aliphatic carbocycles. The average Bonchev–Trinajstić information content (AvgIpc) is 3.29. The van der Waals surface area contributed by atoms with Gasteiger partial charge in [-0.05, 0) is 50.7 Å². The maximum absolute atomic E-state index is 11.2. The van der Waals surface area contributed by atoms with E-state index in [0.29, 0.717) is 18.5 Å². The van der Waals surface area contributed by atoms with Gasteiger partial charge in [0.1, 0.15) is 11.4 Å². The number of nitrogens with one attached hydrogen (secondary N) is 1. The molecule has 2 saturated carbocycles. The van der Waals surface area contributed by atoms with Gasteiger partial charge in [0.25, 0.3) is 0 Å². The van der Waals surface area contributed by atoms with E-state index in [4.69, 9.17) is 4.74 Å². The summed E-state index contributed by atoms with van der Waals surface area (Å²) >= 11 is 0. The highest BCUT2D eigenvalue weighted by Crippen LogP contribution is 2.48. The quantitative estimate of drug-likeness (QED) is 0.826. The molecule has 1 aromatic rings. The number of aliphatic hydroxyl groups is 1. The first-order chi connectivity index (χ1) is 9.13. The van der Waals surface area contributed by atoms with Gasteiger partial charge in [-0.2, -0.15) is 0 Å². The molecule has 3 rings (SSSR count). The van der Waals surface area contributed by atoms with Gasteiger partial charge in [0, 0.05) is 18.2 Å². The summed E-state index contributed by atoms with van der Waals surface area (Å²) in [6, 6.07) is 6.69. The molecule has 2 fully saturated rings. The molecule has 0 radical (unpaired) electrons. The Bertz CT molecular complexity index is 466. The fourth-order valence-electron chi connectivity index (χ4n) is 2.77. The number of benzene rings is 1. The predicted molar refractivity (Wildman–Crippen MR) is 75.4 cm³/mol. The number of hydrogen-bond acceptors (Lipinski definition) is 3. The Kier molecular flexibility index (Phi) is 3.27. The first-order valence-electron chi connectivity index (χ1n) is 7.24. The summed E-state index contributed by atoms with van der Waals surface area (Å²) in [5.41, 5.74) is 1.34. The van der Waals surface area contributed by atoms with E-state index in [-0.39, 0.29) is 0 Å². The zero-order valence-corrected chi connectivity index (χ0v) is 11.8. The van der Waals surface area contributed by atoms with E-state index >= 15 is 0 Å². The van der Waals surface area contributed by atoms with Crippen molar-refractivity contribution in [1.29, 1.82) is 0 Å². The minimum absolute atomic E-state index is 0.370. The third-order valence-electron chi connectivity index (χ3n) is 4.31. The molecule has 0 saturated heterocycles. The normalized spacial score (nSPS) is 22.1. The Hall–Kier alpha value is -1.06. The van der Waals surface area contributed by atoms with Gasteiger partial charge < -0.3 is 15.2 Å². The second-order valence-electron chi connectivity index (χ2n) is 6.06. The zero-order valence-electron chi connectivity index (χ0n) is 11.8. The molecule has 0 bridgehead atoms. The summed E-state index contributed by atoms with van der Waals surface area (Å²) in [5.74, 6) is 1.17. The highest BCUT2D eigenvalue weighted by Gasteiger charge is 2.47. The molecule has 2 N–H and O–H groups in total. The molecule has 104 valence electrons. The Labute approximate surface area is 115 Å². The first kappa shape index (κ1) is 12.9. The average molecular weight is 261 g/mol. The molecular formula is C16H23NO2. The summed E-state index contributed by atoms with van der Waals surface area (Å²) in [6.45, 7) is 2.70. The van der Waals surface area contributed by atoms with Gasteiger partial charge in [-0.1, -0.05) is 11.6 Å². The number of ether oxygens (including phenoxy) is 1. The third kappa shape index (κ3) is 2.63. The Morgan fingerprint density at radius 1 is 1.32 bits per heavy atom. The van der Waals surface area contributed by atoms with Crippen LogP contribution in [0.5, 0.6) is 5.75 Å². The third-order valence-corrected chi connectivity index (χ3v) is 4.31. The summed E-state index contributed by atoms with van der Waals surface area (Å²) in [6.07, 6.45) is 4.71. The van der Waals surface area contributed by atoms with Gasteiger partial charge in [0.2, 0.25) is 0 Å². The van der Waals surface area contributed by atoms with Crippen molar-refractivity contribution in [3.8, 4) is 5.75 Å². The number of hydrogen-bond donors (Lipinski definition) is 2. The molecule has 0 spiro atoms. The SMILES string of the molecule is COc1ccc(C)cc1C(O)(CNC1CC1)C1CC1. The number of aryl methyl sites for hydroxylation is 1. The summed E-state index contributed by atoms with van der Waals surface area (Å²) in [4.78, 5) is 0. The highest BCUT2D eigenvalue weighted by molar-refractivity contribution is 5.42. The molecule has 0 heterocycles. The molecule has 0 aliphatic heterocycles. The lowest BCUT2D eigenvalue weighted by atomic mass is 9.87. The maximum Gasteiger partial charge on any atom is 0.125 e. The van der Waals surface area contributed by atoms with Crippen LogP contribution in [0, 0.1) is 12.8 Å². The number of methoxy groups -OCH3 is 1. The smallest absolute Gasteiger partial charge is 0.125 e. The van der Waals surface area contributed by atoms with Crippen molar-refractivity contribution in [1.82, 2.24) is 5.32 Å². The van der Waals surface area contributed by atoms with Crippen LogP contribution in [-0.4, -0.2) is 24.8 Å². The standard InChI is InChI=1S/C16H23NO2/c1-11-3-8-15(19-2)14(9-11)16(18,12-4-5-12)10-17-13-6-7-13/h3,8-9,12-13,17-18H,4-7,10H2,1-2H3. The molecule has 0 aromatic heterocycles. The van der Waals surface area contributed by atoms with Gasteiger partial charge in [-0.3, -0.25) is 0 Å². The van der Waals surface area contributed by atoms with Gasteiger partial charge in [0.15, 0.2) is 0 Å². The molecule has 2 aliphatic rings. The van der Waals surface area contributed by atoms with Crippen LogP contribution in [0.15, 0.2) is 18.2 Å². The van der Waals surface area contributed by atoms with Crippen LogP contribution in [-0.2, 0) is 5.60 Å². The molecule has 1 unspecified atom stereocenters. The van der Waals surface area contributed by atoms with Crippen molar-refractivity contribution < 1.29 is 9.84 Å². The fraction of sp³-hybridized carbons (Fsp3) is 0.625. The van der Waals surface area contributed by atoms with Crippen molar-refractivity contribution in [2.45, 2.75) is 44.2 Å². The van der Waals surface area contributed by atoms with Crippen LogP contribution in [0.25, 0.3) is 0 Å². The van der Waals surface area contributed by atoms with Crippen molar-refractivity contribution in [3.63, 3.8) is 0 Å². The van der Waals surface area contributed by atoms with Crippen LogP contribution in [0.2, 0.25) is 0 Å². The minimum Gasteiger partial charge on any atom is -0.496 e. The summed E-state index contributed by atoms with van der Waals surface area (Å²) in [7, 11) is 1.68. The molecule has 0 amide bonds. The maximum atomic E-state index is 11.2. The second-order valence-corrected chi connectivity index (χ2v) is 6.06. The van der Waals surface area contributed by atoms with Crippen LogP contribution in [0.1, 0.15) is 36.8 Å². The van der Waals surface area contributed by atoms with E-state index in [1.807, 2.05) is 12.1 Å². The Morgan fingerprint density at radius 3 is 2.63 bits per heavy atom. The first-order valence-corrected chi connectivity index (χ1v) is 7.24. The van der Waals surface area contributed by atoms with Crippen molar-refractivity contribution in [3.05, 3.63) is 29.3 Å². The van der Waals surface area contributed by atoms with Gasteiger partial charge in [-0.25, -0.2) is 0 Å². The van der Waals surface area contributed by atoms with Crippen molar-refractivity contribution >= 4 is 0 Å². The van der Waals surface area contributed by atoms with E-state index in [2.05, 4.69) is 18.3 Å². The van der Waals surface area contributed by atoms with E-state index in [0.717, 1.165) is 24.2 Å². The van der Waals surface area contributed by atoms with Gasteiger partial charge in [0.05, 0.1) is 7.11 Å². The van der Waals surface area contributed by atoms with Crippen LogP contribution in [0.4, 0.5) is 0 Å². The van der Waals surface area contributed by atoms with E-state index in [1.165, 1.54) is 18.4 Å². The minimum atomic E-state index is -0.778. The van der Waals surface area contributed by atoms with Crippen molar-refractivity contribution in [2.75, 3.05) is 13.7 Å².